The van der Waals surface area contributed by atoms with Crippen LogP contribution in [0.4, 0.5) is 5.69 Å². The van der Waals surface area contributed by atoms with Gasteiger partial charge in [-0.2, -0.15) is 0 Å². The summed E-state index contributed by atoms with van der Waals surface area (Å²) < 4.78 is 0. The zero-order chi connectivity index (χ0) is 13.7. The van der Waals surface area contributed by atoms with Crippen molar-refractivity contribution in [3.63, 3.8) is 0 Å². The number of anilines is 1. The maximum Gasteiger partial charge on any atom is 0.221 e. The van der Waals surface area contributed by atoms with E-state index in [1.165, 1.54) is 5.56 Å². The van der Waals surface area contributed by atoms with Gasteiger partial charge in [-0.15, -0.1) is 0 Å². The molecule has 0 bridgehead atoms. The van der Waals surface area contributed by atoms with E-state index in [1.807, 2.05) is 43.5 Å². The molecule has 19 heavy (non-hydrogen) atoms. The van der Waals surface area contributed by atoms with Crippen molar-refractivity contribution in [1.29, 1.82) is 0 Å². The second-order valence-electron chi connectivity index (χ2n) is 4.46. The van der Waals surface area contributed by atoms with Crippen LogP contribution in [0.25, 0.3) is 0 Å². The molecular weight excluding hydrogens is 238 g/mol. The molecule has 0 aliphatic heterocycles. The van der Waals surface area contributed by atoms with E-state index in [0.29, 0.717) is 6.54 Å². The Bertz CT molecular complexity index is 581. The lowest BCUT2D eigenvalue weighted by atomic mass is 10.1. The number of amides is 1. The number of hydrogen-bond donors (Lipinski definition) is 2. The summed E-state index contributed by atoms with van der Waals surface area (Å²) in [5.74, 6) is -0.327. The Kier molecular flexibility index (Phi) is 4.13. The average molecular weight is 255 g/mol. The molecule has 0 saturated carbocycles. The maximum absolute atomic E-state index is 11.0. The number of aromatic nitrogens is 1. The van der Waals surface area contributed by atoms with E-state index < -0.39 is 0 Å². The molecule has 98 valence electrons. The molecule has 2 rings (SSSR count). The third-order valence-corrected chi connectivity index (χ3v) is 3.00. The van der Waals surface area contributed by atoms with Crippen molar-refractivity contribution in [3.8, 4) is 0 Å². The van der Waals surface area contributed by atoms with Gasteiger partial charge in [0.25, 0.3) is 0 Å². The average Bonchev–Trinajstić information content (AvgIpc) is 2.39. The van der Waals surface area contributed by atoms with Crippen molar-refractivity contribution in [2.24, 2.45) is 5.73 Å². The number of nitrogens with one attached hydrogen (secondary N) is 1. The fourth-order valence-electron chi connectivity index (χ4n) is 1.91. The summed E-state index contributed by atoms with van der Waals surface area (Å²) in [6.07, 6.45) is 3.87. The van der Waals surface area contributed by atoms with E-state index in [9.17, 15) is 4.79 Å². The van der Waals surface area contributed by atoms with E-state index in [2.05, 4.69) is 10.3 Å². The predicted molar refractivity (Wildman–Crippen MR) is 75.6 cm³/mol. The van der Waals surface area contributed by atoms with Gasteiger partial charge in [-0.25, -0.2) is 0 Å². The molecule has 0 spiro atoms. The van der Waals surface area contributed by atoms with E-state index >= 15 is 0 Å². The first-order valence-corrected chi connectivity index (χ1v) is 6.16. The summed E-state index contributed by atoms with van der Waals surface area (Å²) in [4.78, 5) is 15.1. The molecule has 0 fully saturated rings. The number of nitrogens with two attached hydrogens (primary N) is 1. The van der Waals surface area contributed by atoms with Crippen molar-refractivity contribution in [2.75, 3.05) is 5.32 Å². The minimum Gasteiger partial charge on any atom is -0.381 e. The summed E-state index contributed by atoms with van der Waals surface area (Å²) in [6, 6.07) is 9.67. The normalized spacial score (nSPS) is 10.2. The van der Waals surface area contributed by atoms with Crippen molar-refractivity contribution in [3.05, 3.63) is 59.4 Å². The summed E-state index contributed by atoms with van der Waals surface area (Å²) in [7, 11) is 0. The van der Waals surface area contributed by atoms with Crippen molar-refractivity contribution >= 4 is 11.6 Å². The number of para-hydroxylation sites is 1. The number of benzene rings is 1. The van der Waals surface area contributed by atoms with Crippen LogP contribution in [0.1, 0.15) is 16.7 Å². The number of carbonyl (C=O) groups is 1. The molecule has 4 heteroatoms. The van der Waals surface area contributed by atoms with Gasteiger partial charge < -0.3 is 11.1 Å². The van der Waals surface area contributed by atoms with Crippen LogP contribution in [-0.4, -0.2) is 10.9 Å². The van der Waals surface area contributed by atoms with E-state index in [4.69, 9.17) is 5.73 Å². The number of nitrogens with zero attached hydrogens (tertiary/aromatic N) is 1. The van der Waals surface area contributed by atoms with E-state index in [1.54, 1.807) is 6.20 Å². The third kappa shape index (κ3) is 3.55. The predicted octanol–water partition coefficient (Wildman–Crippen LogP) is 2.03. The number of carbonyl (C=O) groups excluding carboxylic acids is 1. The number of primary amides is 1. The standard InChI is InChI=1S/C15H17N3O/c1-11-6-7-17-9-13(11)10-18-14-5-3-2-4-12(14)8-15(16)19/h2-7,9,18H,8,10H2,1H3,(H2,16,19). The first-order chi connectivity index (χ1) is 9.16. The minimum atomic E-state index is -0.327. The number of aryl methyl sites for hydroxylation is 1. The monoisotopic (exact) mass is 255 g/mol. The highest BCUT2D eigenvalue weighted by molar-refractivity contribution is 5.78. The highest BCUT2D eigenvalue weighted by Crippen LogP contribution is 2.17. The zero-order valence-electron chi connectivity index (χ0n) is 10.9. The lowest BCUT2D eigenvalue weighted by Crippen LogP contribution is -2.15. The maximum atomic E-state index is 11.0. The van der Waals surface area contributed by atoms with Crippen molar-refractivity contribution in [2.45, 2.75) is 19.9 Å². The van der Waals surface area contributed by atoms with Crippen LogP contribution in [0.2, 0.25) is 0 Å². The fraction of sp³-hybridized carbons (Fsp3) is 0.200. The van der Waals surface area contributed by atoms with Crippen LogP contribution in [0, 0.1) is 6.92 Å². The number of rotatable bonds is 5. The first-order valence-electron chi connectivity index (χ1n) is 6.16. The molecule has 0 radical (unpaired) electrons. The summed E-state index contributed by atoms with van der Waals surface area (Å²) in [5, 5.41) is 3.33. The molecule has 0 saturated heterocycles. The largest absolute Gasteiger partial charge is 0.381 e. The van der Waals surface area contributed by atoms with Gasteiger partial charge in [-0.3, -0.25) is 9.78 Å². The molecule has 1 amide bonds. The Labute approximate surface area is 112 Å². The summed E-state index contributed by atoms with van der Waals surface area (Å²) in [6.45, 7) is 2.73. The van der Waals surface area contributed by atoms with Crippen LogP contribution in [0.3, 0.4) is 0 Å². The zero-order valence-corrected chi connectivity index (χ0v) is 10.9. The molecule has 3 N–H and O–H groups in total. The first kappa shape index (κ1) is 13.1. The van der Waals surface area contributed by atoms with E-state index in [-0.39, 0.29) is 12.3 Å². The fourth-order valence-corrected chi connectivity index (χ4v) is 1.91. The summed E-state index contributed by atoms with van der Waals surface area (Å²) >= 11 is 0. The summed E-state index contributed by atoms with van der Waals surface area (Å²) in [5.41, 5.74) is 9.42. The van der Waals surface area contributed by atoms with Crippen LogP contribution in [0.5, 0.6) is 0 Å². The lowest BCUT2D eigenvalue weighted by Gasteiger charge is -2.12. The molecule has 0 aliphatic rings. The van der Waals surface area contributed by atoms with Gasteiger partial charge in [0, 0.05) is 24.6 Å². The Morgan fingerprint density at radius 1 is 1.26 bits per heavy atom. The highest BCUT2D eigenvalue weighted by Gasteiger charge is 2.05. The Balaban J connectivity index is 2.11. The molecule has 1 aromatic heterocycles. The van der Waals surface area contributed by atoms with Crippen LogP contribution < -0.4 is 11.1 Å². The van der Waals surface area contributed by atoms with Crippen LogP contribution in [0.15, 0.2) is 42.7 Å². The minimum absolute atomic E-state index is 0.245. The number of hydrogen-bond acceptors (Lipinski definition) is 3. The topological polar surface area (TPSA) is 68.0 Å². The molecule has 2 aromatic rings. The quantitative estimate of drug-likeness (QED) is 0.859. The smallest absolute Gasteiger partial charge is 0.221 e. The number of pyridine rings is 1. The molecular formula is C15H17N3O. The van der Waals surface area contributed by atoms with Gasteiger partial charge in [0.15, 0.2) is 0 Å². The Hall–Kier alpha value is -2.36. The van der Waals surface area contributed by atoms with Crippen molar-refractivity contribution < 1.29 is 4.79 Å². The molecule has 1 aromatic carbocycles. The van der Waals surface area contributed by atoms with Crippen molar-refractivity contribution in [1.82, 2.24) is 4.98 Å². The molecule has 0 atom stereocenters. The van der Waals surface area contributed by atoms with Gasteiger partial charge in [-0.1, -0.05) is 18.2 Å². The Morgan fingerprint density at radius 3 is 2.79 bits per heavy atom. The second kappa shape index (κ2) is 6.00. The Morgan fingerprint density at radius 2 is 2.05 bits per heavy atom. The van der Waals surface area contributed by atoms with Gasteiger partial charge >= 0.3 is 0 Å². The SMILES string of the molecule is Cc1ccncc1CNc1ccccc1CC(N)=O. The molecule has 0 unspecified atom stereocenters. The second-order valence-corrected chi connectivity index (χ2v) is 4.46. The van der Waals surface area contributed by atoms with Gasteiger partial charge in [0.1, 0.15) is 0 Å². The molecule has 0 aliphatic carbocycles. The third-order valence-electron chi connectivity index (χ3n) is 3.00. The van der Waals surface area contributed by atoms with Gasteiger partial charge in [0.05, 0.1) is 6.42 Å². The lowest BCUT2D eigenvalue weighted by molar-refractivity contribution is -0.117. The highest BCUT2D eigenvalue weighted by atomic mass is 16.1. The molecule has 4 nitrogen and oxygen atoms in total. The van der Waals surface area contributed by atoms with Crippen LogP contribution in [-0.2, 0) is 17.8 Å². The van der Waals surface area contributed by atoms with E-state index in [0.717, 1.165) is 16.8 Å². The van der Waals surface area contributed by atoms with Gasteiger partial charge in [0.2, 0.25) is 5.91 Å². The van der Waals surface area contributed by atoms with Crippen LogP contribution >= 0.6 is 0 Å². The van der Waals surface area contributed by atoms with Gasteiger partial charge in [-0.05, 0) is 35.7 Å². The molecule has 1 heterocycles.